The molecule has 20 heavy (non-hydrogen) atoms. The van der Waals surface area contributed by atoms with Gasteiger partial charge in [-0.1, -0.05) is 19.8 Å². The molecule has 1 saturated heterocycles. The van der Waals surface area contributed by atoms with Crippen LogP contribution in [0, 0.1) is 5.92 Å². The fraction of sp³-hybridized carbons (Fsp3) is 1.00. The molecular formula is C17H34N2O. The molecule has 3 heteroatoms. The van der Waals surface area contributed by atoms with Crippen molar-refractivity contribution in [2.75, 3.05) is 26.2 Å². The lowest BCUT2D eigenvalue weighted by Gasteiger charge is -2.38. The Morgan fingerprint density at radius 2 is 2.10 bits per heavy atom. The zero-order chi connectivity index (χ0) is 14.4. The fourth-order valence-corrected chi connectivity index (χ4v) is 4.25. The van der Waals surface area contributed by atoms with E-state index in [9.17, 15) is 5.11 Å². The minimum atomic E-state index is 0.0229. The Morgan fingerprint density at radius 3 is 2.80 bits per heavy atom. The summed E-state index contributed by atoms with van der Waals surface area (Å²) in [5.74, 6) is 0.660. The monoisotopic (exact) mass is 282 g/mol. The third kappa shape index (κ3) is 3.75. The largest absolute Gasteiger partial charge is 0.394 e. The van der Waals surface area contributed by atoms with E-state index in [2.05, 4.69) is 24.1 Å². The standard InChI is InChI=1S/C17H34N2O/c1-3-11-18-17(14-20)10-6-8-16(17)9-13-19-12-5-4-7-15(19)2/h15-16,18,20H,3-14H2,1-2H3. The molecule has 0 aromatic rings. The SMILES string of the molecule is CCCNC1(CO)CCCC1CCN1CCCCC1C. The van der Waals surface area contributed by atoms with Gasteiger partial charge in [-0.25, -0.2) is 0 Å². The number of rotatable bonds is 7. The fourth-order valence-electron chi connectivity index (χ4n) is 4.25. The summed E-state index contributed by atoms with van der Waals surface area (Å²) in [7, 11) is 0. The topological polar surface area (TPSA) is 35.5 Å². The summed E-state index contributed by atoms with van der Waals surface area (Å²) >= 11 is 0. The van der Waals surface area contributed by atoms with Crippen LogP contribution in [-0.2, 0) is 0 Å². The van der Waals surface area contributed by atoms with Crippen LogP contribution in [0.15, 0.2) is 0 Å². The number of nitrogens with one attached hydrogen (secondary N) is 1. The van der Waals surface area contributed by atoms with Gasteiger partial charge in [-0.3, -0.25) is 0 Å². The highest BCUT2D eigenvalue weighted by molar-refractivity contribution is 4.99. The first-order chi connectivity index (χ1) is 9.72. The number of piperidine rings is 1. The molecular weight excluding hydrogens is 248 g/mol. The molecule has 3 unspecified atom stereocenters. The summed E-state index contributed by atoms with van der Waals surface area (Å²) in [6, 6.07) is 0.761. The Hall–Kier alpha value is -0.120. The first-order valence-corrected chi connectivity index (χ1v) is 8.82. The van der Waals surface area contributed by atoms with E-state index in [1.54, 1.807) is 0 Å². The highest BCUT2D eigenvalue weighted by Gasteiger charge is 2.41. The van der Waals surface area contributed by atoms with E-state index < -0.39 is 0 Å². The maximum atomic E-state index is 9.93. The van der Waals surface area contributed by atoms with Gasteiger partial charge in [-0.15, -0.1) is 0 Å². The number of nitrogens with zero attached hydrogens (tertiary/aromatic N) is 1. The minimum absolute atomic E-state index is 0.0229. The van der Waals surface area contributed by atoms with Crippen molar-refractivity contribution in [1.29, 1.82) is 0 Å². The van der Waals surface area contributed by atoms with E-state index in [4.69, 9.17) is 0 Å². The molecule has 1 aliphatic heterocycles. The van der Waals surface area contributed by atoms with E-state index in [1.165, 1.54) is 51.6 Å². The second-order valence-corrected chi connectivity index (χ2v) is 7.00. The highest BCUT2D eigenvalue weighted by atomic mass is 16.3. The molecule has 0 aromatic heterocycles. The molecule has 0 aromatic carbocycles. The Morgan fingerprint density at radius 1 is 1.25 bits per heavy atom. The van der Waals surface area contributed by atoms with Crippen molar-refractivity contribution in [3.05, 3.63) is 0 Å². The second-order valence-electron chi connectivity index (χ2n) is 7.00. The van der Waals surface area contributed by atoms with Crippen molar-refractivity contribution >= 4 is 0 Å². The van der Waals surface area contributed by atoms with E-state index >= 15 is 0 Å². The van der Waals surface area contributed by atoms with E-state index in [1.807, 2.05) is 0 Å². The van der Waals surface area contributed by atoms with E-state index in [0.29, 0.717) is 12.5 Å². The van der Waals surface area contributed by atoms with Crippen LogP contribution < -0.4 is 5.32 Å². The third-order valence-corrected chi connectivity index (χ3v) is 5.67. The number of aliphatic hydroxyl groups is 1. The Balaban J connectivity index is 1.86. The molecule has 2 N–H and O–H groups in total. The predicted molar refractivity (Wildman–Crippen MR) is 85.0 cm³/mol. The molecule has 118 valence electrons. The molecule has 1 saturated carbocycles. The van der Waals surface area contributed by atoms with Gasteiger partial charge in [0.05, 0.1) is 6.61 Å². The summed E-state index contributed by atoms with van der Waals surface area (Å²) in [6.45, 7) is 8.44. The molecule has 3 nitrogen and oxygen atoms in total. The third-order valence-electron chi connectivity index (χ3n) is 5.67. The van der Waals surface area contributed by atoms with Crippen LogP contribution in [0.3, 0.4) is 0 Å². The molecule has 2 aliphatic rings. The van der Waals surface area contributed by atoms with Crippen molar-refractivity contribution in [3.8, 4) is 0 Å². The molecule has 0 spiro atoms. The summed E-state index contributed by atoms with van der Waals surface area (Å²) < 4.78 is 0. The van der Waals surface area contributed by atoms with E-state index in [0.717, 1.165) is 25.4 Å². The van der Waals surface area contributed by atoms with Crippen LogP contribution >= 0.6 is 0 Å². The highest BCUT2D eigenvalue weighted by Crippen LogP contribution is 2.38. The molecule has 0 amide bonds. The first-order valence-electron chi connectivity index (χ1n) is 8.82. The molecule has 0 radical (unpaired) electrons. The van der Waals surface area contributed by atoms with Crippen LogP contribution in [0.4, 0.5) is 0 Å². The Bertz CT molecular complexity index is 284. The summed E-state index contributed by atoms with van der Waals surface area (Å²) in [5.41, 5.74) is 0.0229. The molecule has 2 rings (SSSR count). The van der Waals surface area contributed by atoms with Gasteiger partial charge in [0.25, 0.3) is 0 Å². The number of hydrogen-bond acceptors (Lipinski definition) is 3. The minimum Gasteiger partial charge on any atom is -0.394 e. The lowest BCUT2D eigenvalue weighted by atomic mass is 9.84. The molecule has 0 bridgehead atoms. The molecule has 1 heterocycles. The first kappa shape index (κ1) is 16.3. The van der Waals surface area contributed by atoms with Gasteiger partial charge in [0.1, 0.15) is 0 Å². The number of aliphatic hydroxyl groups excluding tert-OH is 1. The van der Waals surface area contributed by atoms with Gasteiger partial charge in [-0.2, -0.15) is 0 Å². The molecule has 2 fully saturated rings. The van der Waals surface area contributed by atoms with Crippen molar-refractivity contribution in [2.24, 2.45) is 5.92 Å². The van der Waals surface area contributed by atoms with Gasteiger partial charge < -0.3 is 15.3 Å². The predicted octanol–water partition coefficient (Wildman–Crippen LogP) is 2.78. The Kier molecular flexibility index (Phi) is 6.31. The quantitative estimate of drug-likeness (QED) is 0.754. The summed E-state index contributed by atoms with van der Waals surface area (Å²) in [4.78, 5) is 2.67. The van der Waals surface area contributed by atoms with Gasteiger partial charge >= 0.3 is 0 Å². The zero-order valence-electron chi connectivity index (χ0n) is 13.5. The van der Waals surface area contributed by atoms with Crippen LogP contribution in [0.2, 0.25) is 0 Å². The maximum absolute atomic E-state index is 9.93. The summed E-state index contributed by atoms with van der Waals surface area (Å²) in [5, 5.41) is 13.6. The van der Waals surface area contributed by atoms with Gasteiger partial charge in [0, 0.05) is 11.6 Å². The van der Waals surface area contributed by atoms with Crippen molar-refractivity contribution in [1.82, 2.24) is 10.2 Å². The van der Waals surface area contributed by atoms with Crippen LogP contribution in [0.1, 0.15) is 65.2 Å². The smallest absolute Gasteiger partial charge is 0.0616 e. The lowest BCUT2D eigenvalue weighted by Crippen LogP contribution is -2.52. The molecule has 1 aliphatic carbocycles. The van der Waals surface area contributed by atoms with Crippen molar-refractivity contribution < 1.29 is 5.11 Å². The Labute approximate surface area is 125 Å². The van der Waals surface area contributed by atoms with Gasteiger partial charge in [0.15, 0.2) is 0 Å². The summed E-state index contributed by atoms with van der Waals surface area (Å²) in [6.07, 6.45) is 10.3. The van der Waals surface area contributed by atoms with E-state index in [-0.39, 0.29) is 5.54 Å². The van der Waals surface area contributed by atoms with Gasteiger partial charge in [-0.05, 0) is 71.0 Å². The normalized spacial score (nSPS) is 35.5. The molecule has 3 atom stereocenters. The number of likely N-dealkylation sites (tertiary alicyclic amines) is 1. The lowest BCUT2D eigenvalue weighted by molar-refractivity contribution is 0.0977. The van der Waals surface area contributed by atoms with Crippen LogP contribution in [0.5, 0.6) is 0 Å². The van der Waals surface area contributed by atoms with Crippen molar-refractivity contribution in [2.45, 2.75) is 76.8 Å². The number of hydrogen-bond donors (Lipinski definition) is 2. The van der Waals surface area contributed by atoms with Gasteiger partial charge in [0.2, 0.25) is 0 Å². The van der Waals surface area contributed by atoms with Crippen LogP contribution in [-0.4, -0.2) is 47.8 Å². The zero-order valence-corrected chi connectivity index (χ0v) is 13.5. The average molecular weight is 282 g/mol. The second kappa shape index (κ2) is 7.77. The maximum Gasteiger partial charge on any atom is 0.0616 e. The van der Waals surface area contributed by atoms with Crippen LogP contribution in [0.25, 0.3) is 0 Å². The average Bonchev–Trinajstić information content (AvgIpc) is 2.88. The van der Waals surface area contributed by atoms with Crippen molar-refractivity contribution in [3.63, 3.8) is 0 Å².